The molecule has 3 aromatic rings. The number of fused-ring (bicyclic) bond motifs is 1. The van der Waals surface area contributed by atoms with Gasteiger partial charge in [0.2, 0.25) is 0 Å². The number of aromatic nitrogens is 3. The SMILES string of the molecule is CCCCCC#Cc1cnn(-c2ccnc3cc(Cl)ccc23)c1. The summed E-state index contributed by atoms with van der Waals surface area (Å²) in [4.78, 5) is 4.36. The fraction of sp³-hybridized carbons (Fsp3) is 0.263. The van der Waals surface area contributed by atoms with E-state index in [-0.39, 0.29) is 0 Å². The van der Waals surface area contributed by atoms with Gasteiger partial charge in [-0.2, -0.15) is 5.10 Å². The summed E-state index contributed by atoms with van der Waals surface area (Å²) >= 11 is 6.03. The number of halogens is 1. The average molecular weight is 324 g/mol. The zero-order valence-corrected chi connectivity index (χ0v) is 13.8. The monoisotopic (exact) mass is 323 g/mol. The summed E-state index contributed by atoms with van der Waals surface area (Å²) in [5.74, 6) is 6.39. The Hall–Kier alpha value is -2.31. The first kappa shape index (κ1) is 15.6. The van der Waals surface area contributed by atoms with Crippen LogP contribution in [0.25, 0.3) is 16.6 Å². The van der Waals surface area contributed by atoms with Crippen molar-refractivity contribution >= 4 is 22.5 Å². The Bertz CT molecular complexity index is 871. The summed E-state index contributed by atoms with van der Waals surface area (Å²) in [5, 5.41) is 6.13. The average Bonchev–Trinajstić information content (AvgIpc) is 3.02. The van der Waals surface area contributed by atoms with E-state index in [1.807, 2.05) is 35.1 Å². The van der Waals surface area contributed by atoms with Gasteiger partial charge in [0.1, 0.15) is 0 Å². The molecule has 2 aromatic heterocycles. The van der Waals surface area contributed by atoms with E-state index < -0.39 is 0 Å². The zero-order chi connectivity index (χ0) is 16.1. The molecular weight excluding hydrogens is 306 g/mol. The van der Waals surface area contributed by atoms with Crippen molar-refractivity contribution in [3.05, 3.63) is 53.4 Å². The summed E-state index contributed by atoms with van der Waals surface area (Å²) < 4.78 is 1.84. The molecule has 2 heterocycles. The Morgan fingerprint density at radius 3 is 3.00 bits per heavy atom. The highest BCUT2D eigenvalue weighted by Crippen LogP contribution is 2.23. The molecule has 0 aliphatic rings. The van der Waals surface area contributed by atoms with Gasteiger partial charge in [0.05, 0.1) is 23.0 Å². The van der Waals surface area contributed by atoms with E-state index in [0.717, 1.165) is 35.0 Å². The Balaban J connectivity index is 1.86. The van der Waals surface area contributed by atoms with Gasteiger partial charge in [0.25, 0.3) is 0 Å². The molecule has 0 spiro atoms. The first-order valence-electron chi connectivity index (χ1n) is 7.86. The fourth-order valence-corrected chi connectivity index (χ4v) is 2.62. The van der Waals surface area contributed by atoms with Crippen molar-refractivity contribution in [2.75, 3.05) is 0 Å². The third-order valence-electron chi connectivity index (χ3n) is 3.65. The largest absolute Gasteiger partial charge is 0.256 e. The van der Waals surface area contributed by atoms with E-state index in [4.69, 9.17) is 11.6 Å². The lowest BCUT2D eigenvalue weighted by Gasteiger charge is -2.05. The molecule has 23 heavy (non-hydrogen) atoms. The highest BCUT2D eigenvalue weighted by molar-refractivity contribution is 6.31. The zero-order valence-electron chi connectivity index (χ0n) is 13.1. The first-order chi connectivity index (χ1) is 11.3. The number of rotatable bonds is 4. The molecule has 0 amide bonds. The maximum atomic E-state index is 6.03. The predicted molar refractivity (Wildman–Crippen MR) is 94.9 cm³/mol. The van der Waals surface area contributed by atoms with Crippen LogP contribution < -0.4 is 0 Å². The van der Waals surface area contributed by atoms with E-state index in [1.54, 1.807) is 12.4 Å². The van der Waals surface area contributed by atoms with E-state index in [2.05, 4.69) is 28.8 Å². The van der Waals surface area contributed by atoms with Gasteiger partial charge in [-0.25, -0.2) is 4.68 Å². The van der Waals surface area contributed by atoms with Crippen molar-refractivity contribution in [3.8, 4) is 17.5 Å². The lowest BCUT2D eigenvalue weighted by atomic mass is 10.2. The Morgan fingerprint density at radius 2 is 2.13 bits per heavy atom. The first-order valence-corrected chi connectivity index (χ1v) is 8.24. The molecule has 4 heteroatoms. The predicted octanol–water partition coefficient (Wildman–Crippen LogP) is 5.01. The van der Waals surface area contributed by atoms with Gasteiger partial charge in [0, 0.05) is 29.2 Å². The summed E-state index contributed by atoms with van der Waals surface area (Å²) in [6.07, 6.45) is 10.1. The molecule has 3 nitrogen and oxygen atoms in total. The van der Waals surface area contributed by atoms with Crippen molar-refractivity contribution in [3.63, 3.8) is 0 Å². The van der Waals surface area contributed by atoms with Gasteiger partial charge in [-0.15, -0.1) is 0 Å². The normalized spacial score (nSPS) is 10.5. The van der Waals surface area contributed by atoms with Crippen LogP contribution in [0.1, 0.15) is 38.2 Å². The second-order valence-electron chi connectivity index (χ2n) is 5.42. The Kier molecular flexibility index (Phi) is 4.95. The number of benzene rings is 1. The number of unbranched alkanes of at least 4 members (excludes halogenated alkanes) is 3. The summed E-state index contributed by atoms with van der Waals surface area (Å²) in [7, 11) is 0. The Morgan fingerprint density at radius 1 is 1.22 bits per heavy atom. The van der Waals surface area contributed by atoms with Gasteiger partial charge in [-0.05, 0) is 30.7 Å². The quantitative estimate of drug-likeness (QED) is 0.499. The molecule has 0 bridgehead atoms. The van der Waals surface area contributed by atoms with Crippen LogP contribution in [0.2, 0.25) is 5.02 Å². The molecule has 116 valence electrons. The smallest absolute Gasteiger partial charge is 0.0755 e. The maximum absolute atomic E-state index is 6.03. The molecule has 0 radical (unpaired) electrons. The molecule has 0 N–H and O–H groups in total. The number of hydrogen-bond donors (Lipinski definition) is 0. The van der Waals surface area contributed by atoms with Gasteiger partial charge in [-0.3, -0.25) is 4.98 Å². The van der Waals surface area contributed by atoms with Crippen LogP contribution in [0.4, 0.5) is 0 Å². The summed E-state index contributed by atoms with van der Waals surface area (Å²) in [5.41, 5.74) is 2.77. The molecule has 0 fully saturated rings. The molecule has 0 aliphatic heterocycles. The molecule has 0 aliphatic carbocycles. The molecule has 0 saturated carbocycles. The minimum Gasteiger partial charge on any atom is -0.256 e. The second kappa shape index (κ2) is 7.30. The Labute approximate surface area is 141 Å². The molecule has 0 atom stereocenters. The fourth-order valence-electron chi connectivity index (χ4n) is 2.45. The molecule has 0 unspecified atom stereocenters. The lowest BCUT2D eigenvalue weighted by Crippen LogP contribution is -1.96. The van der Waals surface area contributed by atoms with E-state index in [9.17, 15) is 0 Å². The number of nitrogens with zero attached hydrogens (tertiary/aromatic N) is 3. The van der Waals surface area contributed by atoms with Crippen LogP contribution in [-0.2, 0) is 0 Å². The summed E-state index contributed by atoms with van der Waals surface area (Å²) in [6.45, 7) is 2.20. The number of pyridine rings is 1. The van der Waals surface area contributed by atoms with Crippen LogP contribution in [0.15, 0.2) is 42.9 Å². The highest BCUT2D eigenvalue weighted by atomic mass is 35.5. The minimum atomic E-state index is 0.682. The van der Waals surface area contributed by atoms with Crippen molar-refractivity contribution in [1.82, 2.24) is 14.8 Å². The molecule has 0 saturated heterocycles. The maximum Gasteiger partial charge on any atom is 0.0755 e. The van der Waals surface area contributed by atoms with Gasteiger partial charge in [0.15, 0.2) is 0 Å². The van der Waals surface area contributed by atoms with Gasteiger partial charge < -0.3 is 0 Å². The van der Waals surface area contributed by atoms with E-state index in [0.29, 0.717) is 5.02 Å². The van der Waals surface area contributed by atoms with Gasteiger partial charge >= 0.3 is 0 Å². The molecule has 3 rings (SSSR count). The van der Waals surface area contributed by atoms with Crippen LogP contribution in [-0.4, -0.2) is 14.8 Å². The van der Waals surface area contributed by atoms with E-state index >= 15 is 0 Å². The van der Waals surface area contributed by atoms with Gasteiger partial charge in [-0.1, -0.05) is 43.2 Å². The molecule has 1 aromatic carbocycles. The van der Waals surface area contributed by atoms with Crippen molar-refractivity contribution < 1.29 is 0 Å². The van der Waals surface area contributed by atoms with Crippen molar-refractivity contribution in [2.24, 2.45) is 0 Å². The topological polar surface area (TPSA) is 30.7 Å². The summed E-state index contributed by atoms with van der Waals surface area (Å²) in [6, 6.07) is 7.64. The third kappa shape index (κ3) is 3.72. The van der Waals surface area contributed by atoms with Crippen molar-refractivity contribution in [1.29, 1.82) is 0 Å². The molecular formula is C19H18ClN3. The van der Waals surface area contributed by atoms with Crippen LogP contribution in [0.3, 0.4) is 0 Å². The van der Waals surface area contributed by atoms with Crippen LogP contribution in [0, 0.1) is 11.8 Å². The standard InChI is InChI=1S/C19H18ClN3/c1-2-3-4-5-6-7-15-13-22-23(14-15)19-10-11-21-18-12-16(20)8-9-17(18)19/h8-14H,2-5H2,1H3. The minimum absolute atomic E-state index is 0.682. The highest BCUT2D eigenvalue weighted by Gasteiger charge is 2.06. The lowest BCUT2D eigenvalue weighted by molar-refractivity contribution is 0.737. The third-order valence-corrected chi connectivity index (χ3v) is 3.88. The van der Waals surface area contributed by atoms with Crippen molar-refractivity contribution in [2.45, 2.75) is 32.6 Å². The van der Waals surface area contributed by atoms with E-state index in [1.165, 1.54) is 12.8 Å². The second-order valence-corrected chi connectivity index (χ2v) is 5.86. The van der Waals surface area contributed by atoms with Crippen LogP contribution in [0.5, 0.6) is 0 Å². The van der Waals surface area contributed by atoms with Crippen LogP contribution >= 0.6 is 11.6 Å². The number of hydrogen-bond acceptors (Lipinski definition) is 2.